The molecule has 2 atom stereocenters. The monoisotopic (exact) mass is 397 g/mol. The lowest BCUT2D eigenvalue weighted by molar-refractivity contribution is -0.119. The maximum atomic E-state index is 12.7. The van der Waals surface area contributed by atoms with Crippen LogP contribution >= 0.6 is 0 Å². The van der Waals surface area contributed by atoms with Crippen molar-refractivity contribution in [2.75, 3.05) is 0 Å². The van der Waals surface area contributed by atoms with Crippen LogP contribution in [0.2, 0.25) is 0 Å². The van der Waals surface area contributed by atoms with Crippen molar-refractivity contribution in [1.82, 2.24) is 15.6 Å². The highest BCUT2D eigenvalue weighted by Crippen LogP contribution is 2.48. The van der Waals surface area contributed by atoms with Crippen LogP contribution < -0.4 is 10.6 Å². The first-order valence-corrected chi connectivity index (χ1v) is 10.00. The van der Waals surface area contributed by atoms with Crippen molar-refractivity contribution in [1.29, 1.82) is 0 Å². The van der Waals surface area contributed by atoms with E-state index in [2.05, 4.69) is 22.2 Å². The van der Waals surface area contributed by atoms with Gasteiger partial charge in [-0.3, -0.25) is 14.6 Å². The van der Waals surface area contributed by atoms with Crippen LogP contribution in [0.3, 0.4) is 0 Å². The lowest BCUT2D eigenvalue weighted by Crippen LogP contribution is -2.55. The van der Waals surface area contributed by atoms with Crippen molar-refractivity contribution in [3.05, 3.63) is 65.8 Å². The number of halogens is 1. The Balaban J connectivity index is 1.67. The van der Waals surface area contributed by atoms with Crippen molar-refractivity contribution in [3.8, 4) is 0 Å². The fourth-order valence-electron chi connectivity index (χ4n) is 4.45. The Morgan fingerprint density at radius 2 is 1.86 bits per heavy atom. The molecular formula is C23H28FN3O2. The summed E-state index contributed by atoms with van der Waals surface area (Å²) in [5.41, 5.74) is 1.31. The Kier molecular flexibility index (Phi) is 6.01. The molecule has 154 valence electrons. The van der Waals surface area contributed by atoms with E-state index < -0.39 is 5.83 Å². The highest BCUT2D eigenvalue weighted by molar-refractivity contribution is 5.94. The van der Waals surface area contributed by atoms with E-state index in [-0.39, 0.29) is 22.9 Å². The van der Waals surface area contributed by atoms with Gasteiger partial charge in [-0.1, -0.05) is 24.8 Å². The van der Waals surface area contributed by atoms with Gasteiger partial charge >= 0.3 is 0 Å². The predicted octanol–water partition coefficient (Wildman–Crippen LogP) is 4.07. The van der Waals surface area contributed by atoms with Gasteiger partial charge in [0.15, 0.2) is 0 Å². The summed E-state index contributed by atoms with van der Waals surface area (Å²) in [6.07, 6.45) is 11.1. The number of nitrogens with zero attached hydrogens (tertiary/aromatic N) is 1. The normalized spacial score (nSPS) is 26.4. The zero-order chi connectivity index (χ0) is 21.1. The van der Waals surface area contributed by atoms with Crippen LogP contribution in [0.15, 0.2) is 54.5 Å². The SMILES string of the molecule is C=C(F)/C=C\C=C(/C)C(=O)NC12CCCC(NC(=O)c3ccc(C)cn3)(CC1)C2. The van der Waals surface area contributed by atoms with E-state index in [4.69, 9.17) is 0 Å². The molecule has 2 amide bonds. The Morgan fingerprint density at radius 1 is 1.17 bits per heavy atom. The summed E-state index contributed by atoms with van der Waals surface area (Å²) in [4.78, 5) is 29.5. The molecule has 2 fully saturated rings. The summed E-state index contributed by atoms with van der Waals surface area (Å²) in [5.74, 6) is -0.884. The van der Waals surface area contributed by atoms with Crippen LogP contribution in [0.4, 0.5) is 4.39 Å². The smallest absolute Gasteiger partial charge is 0.270 e. The van der Waals surface area contributed by atoms with Gasteiger partial charge in [0.25, 0.3) is 5.91 Å². The summed E-state index contributed by atoms with van der Waals surface area (Å²) in [6, 6.07) is 3.61. The number of rotatable bonds is 6. The zero-order valence-corrected chi connectivity index (χ0v) is 17.1. The highest BCUT2D eigenvalue weighted by Gasteiger charge is 2.52. The minimum atomic E-state index is -0.556. The van der Waals surface area contributed by atoms with E-state index in [1.807, 2.05) is 13.0 Å². The lowest BCUT2D eigenvalue weighted by atomic mass is 9.78. The second-order valence-corrected chi connectivity index (χ2v) is 8.38. The number of nitrogens with one attached hydrogen (secondary N) is 2. The van der Waals surface area contributed by atoms with Crippen LogP contribution in [0.5, 0.6) is 0 Å². The molecule has 2 N–H and O–H groups in total. The summed E-state index contributed by atoms with van der Waals surface area (Å²) >= 11 is 0. The molecule has 1 aromatic rings. The maximum absolute atomic E-state index is 12.7. The molecule has 6 heteroatoms. The van der Waals surface area contributed by atoms with E-state index in [0.717, 1.165) is 37.7 Å². The summed E-state index contributed by atoms with van der Waals surface area (Å²) in [7, 11) is 0. The third-order valence-electron chi connectivity index (χ3n) is 5.95. The molecule has 2 unspecified atom stereocenters. The number of aromatic nitrogens is 1. The number of aryl methyl sites for hydroxylation is 1. The molecule has 5 nitrogen and oxygen atoms in total. The van der Waals surface area contributed by atoms with Gasteiger partial charge in [-0.15, -0.1) is 0 Å². The van der Waals surface area contributed by atoms with Crippen LogP contribution in [0.1, 0.15) is 61.5 Å². The zero-order valence-electron chi connectivity index (χ0n) is 17.1. The van der Waals surface area contributed by atoms with Crippen molar-refractivity contribution in [3.63, 3.8) is 0 Å². The molecule has 0 radical (unpaired) electrons. The van der Waals surface area contributed by atoms with Crippen molar-refractivity contribution in [2.45, 2.75) is 63.5 Å². The Bertz CT molecular complexity index is 875. The molecule has 2 saturated carbocycles. The van der Waals surface area contributed by atoms with Gasteiger partial charge in [0.2, 0.25) is 5.91 Å². The molecule has 29 heavy (non-hydrogen) atoms. The molecule has 0 spiro atoms. The van der Waals surface area contributed by atoms with E-state index >= 15 is 0 Å². The topological polar surface area (TPSA) is 71.1 Å². The number of hydrogen-bond acceptors (Lipinski definition) is 3. The quantitative estimate of drug-likeness (QED) is 0.562. The van der Waals surface area contributed by atoms with E-state index in [9.17, 15) is 14.0 Å². The van der Waals surface area contributed by atoms with Crippen molar-refractivity contribution in [2.24, 2.45) is 0 Å². The largest absolute Gasteiger partial charge is 0.347 e. The number of fused-ring (bicyclic) bond motifs is 2. The van der Waals surface area contributed by atoms with Gasteiger partial charge in [-0.05, 0) is 70.1 Å². The molecular weight excluding hydrogens is 369 g/mol. The minimum absolute atomic E-state index is 0.164. The third-order valence-corrected chi connectivity index (χ3v) is 5.95. The molecule has 1 aromatic heterocycles. The average molecular weight is 397 g/mol. The molecule has 0 aliphatic heterocycles. The van der Waals surface area contributed by atoms with Gasteiger partial charge < -0.3 is 10.6 Å². The summed E-state index contributed by atoms with van der Waals surface area (Å²) < 4.78 is 12.7. The fraction of sp³-hybridized carbons (Fsp3) is 0.435. The Hall–Kier alpha value is -2.76. The predicted molar refractivity (Wildman–Crippen MR) is 111 cm³/mol. The molecule has 0 saturated heterocycles. The van der Waals surface area contributed by atoms with E-state index in [1.165, 1.54) is 12.2 Å². The molecule has 2 bridgehead atoms. The van der Waals surface area contributed by atoms with E-state index in [0.29, 0.717) is 17.7 Å². The first kappa shape index (κ1) is 21.0. The maximum Gasteiger partial charge on any atom is 0.270 e. The number of hydrogen-bond donors (Lipinski definition) is 2. The number of carbonyl (C=O) groups excluding carboxylic acids is 2. The number of pyridine rings is 1. The number of carbonyl (C=O) groups is 2. The van der Waals surface area contributed by atoms with Crippen molar-refractivity contribution >= 4 is 11.8 Å². The van der Waals surface area contributed by atoms with Crippen LogP contribution in [-0.4, -0.2) is 27.9 Å². The minimum Gasteiger partial charge on any atom is -0.347 e. The second kappa shape index (κ2) is 8.31. The Labute approximate surface area is 171 Å². The molecule has 1 heterocycles. The fourth-order valence-corrected chi connectivity index (χ4v) is 4.45. The van der Waals surface area contributed by atoms with Crippen molar-refractivity contribution < 1.29 is 14.0 Å². The highest BCUT2D eigenvalue weighted by atomic mass is 19.1. The average Bonchev–Trinajstić information content (AvgIpc) is 2.91. The van der Waals surface area contributed by atoms with Gasteiger partial charge in [-0.2, -0.15) is 0 Å². The van der Waals surface area contributed by atoms with E-state index in [1.54, 1.807) is 25.3 Å². The number of amides is 2. The lowest BCUT2D eigenvalue weighted by Gasteiger charge is -2.40. The van der Waals surface area contributed by atoms with Gasteiger partial charge in [0.05, 0.1) is 0 Å². The van der Waals surface area contributed by atoms with Gasteiger partial charge in [0, 0.05) is 22.8 Å². The first-order valence-electron chi connectivity index (χ1n) is 10.00. The Morgan fingerprint density at radius 3 is 2.48 bits per heavy atom. The standard InChI is InChI=1S/C23H28FN3O2/c1-16-8-9-19(25-14-16)21(29)27-23-11-5-10-22(15-23,12-13-23)26-20(28)17(2)6-4-7-18(3)24/h4,6-9,14H,3,5,10-13,15H2,1-2H3,(H,26,28)(H,27,29)/b7-4-,17-6+. The molecule has 2 aliphatic carbocycles. The molecule has 0 aromatic carbocycles. The second-order valence-electron chi connectivity index (χ2n) is 8.38. The summed E-state index contributed by atoms with van der Waals surface area (Å²) in [6.45, 7) is 6.79. The molecule has 2 aliphatic rings. The van der Waals surface area contributed by atoms with Crippen LogP contribution in [0.25, 0.3) is 0 Å². The summed E-state index contributed by atoms with van der Waals surface area (Å²) in [5, 5.41) is 6.39. The van der Waals surface area contributed by atoms with Crippen LogP contribution in [-0.2, 0) is 4.79 Å². The first-order chi connectivity index (χ1) is 13.7. The number of allylic oxidation sites excluding steroid dienone is 4. The third kappa shape index (κ3) is 5.00. The van der Waals surface area contributed by atoms with Crippen LogP contribution in [0, 0.1) is 6.92 Å². The van der Waals surface area contributed by atoms with Gasteiger partial charge in [0.1, 0.15) is 11.5 Å². The molecule has 3 rings (SSSR count). The van der Waals surface area contributed by atoms with Gasteiger partial charge in [-0.25, -0.2) is 4.39 Å².